The van der Waals surface area contributed by atoms with E-state index < -0.39 is 5.82 Å². The average Bonchev–Trinajstić information content (AvgIpc) is 2.48. The summed E-state index contributed by atoms with van der Waals surface area (Å²) in [6.45, 7) is 3.90. The van der Waals surface area contributed by atoms with Crippen molar-refractivity contribution in [1.82, 2.24) is 10.3 Å². The van der Waals surface area contributed by atoms with Crippen molar-refractivity contribution in [2.75, 3.05) is 6.54 Å². The highest BCUT2D eigenvalue weighted by molar-refractivity contribution is 9.10. The summed E-state index contributed by atoms with van der Waals surface area (Å²) in [5.41, 5.74) is 1.73. The summed E-state index contributed by atoms with van der Waals surface area (Å²) in [4.78, 5) is 4.47. The van der Waals surface area contributed by atoms with Crippen LogP contribution >= 0.6 is 27.5 Å². The molecule has 0 saturated heterocycles. The Kier molecular flexibility index (Phi) is 5.96. The molecule has 0 unspecified atom stereocenters. The minimum absolute atomic E-state index is 0.0555. The fraction of sp³-hybridized carbons (Fsp3) is 0.267. The Morgan fingerprint density at radius 3 is 2.86 bits per heavy atom. The molecular weight excluding hydrogens is 359 g/mol. The Morgan fingerprint density at radius 2 is 2.10 bits per heavy atom. The molecule has 0 saturated carbocycles. The lowest BCUT2D eigenvalue weighted by Gasteiger charge is -2.10. The van der Waals surface area contributed by atoms with Gasteiger partial charge in [0.2, 0.25) is 0 Å². The fourth-order valence-electron chi connectivity index (χ4n) is 1.73. The van der Waals surface area contributed by atoms with Crippen LogP contribution in [0.2, 0.25) is 5.02 Å². The Labute approximate surface area is 136 Å². The van der Waals surface area contributed by atoms with Crippen LogP contribution in [0.5, 0.6) is 5.75 Å². The smallest absolute Gasteiger partial charge is 0.145 e. The van der Waals surface area contributed by atoms with E-state index in [0.29, 0.717) is 16.8 Å². The minimum Gasteiger partial charge on any atom is -0.486 e. The average molecular weight is 374 g/mol. The molecule has 1 heterocycles. The molecule has 0 spiro atoms. The summed E-state index contributed by atoms with van der Waals surface area (Å²) >= 11 is 8.99. The molecule has 112 valence electrons. The van der Waals surface area contributed by atoms with E-state index in [1.807, 2.05) is 25.1 Å². The van der Waals surface area contributed by atoms with E-state index in [4.69, 9.17) is 16.3 Å². The summed E-state index contributed by atoms with van der Waals surface area (Å²) in [6, 6.07) is 8.48. The monoisotopic (exact) mass is 372 g/mol. The second-order valence-corrected chi connectivity index (χ2v) is 5.65. The second kappa shape index (κ2) is 7.73. The van der Waals surface area contributed by atoms with Crippen LogP contribution in [-0.2, 0) is 13.2 Å². The first-order valence-corrected chi connectivity index (χ1v) is 7.70. The van der Waals surface area contributed by atoms with Crippen LogP contribution in [0.3, 0.4) is 0 Å². The van der Waals surface area contributed by atoms with Gasteiger partial charge in [-0.3, -0.25) is 4.98 Å². The minimum atomic E-state index is -0.510. The molecule has 2 rings (SSSR count). The highest BCUT2D eigenvalue weighted by Gasteiger charge is 2.08. The van der Waals surface area contributed by atoms with Gasteiger partial charge in [-0.15, -0.1) is 0 Å². The fourth-order valence-corrected chi connectivity index (χ4v) is 2.48. The Balaban J connectivity index is 2.04. The maximum absolute atomic E-state index is 13.4. The molecule has 1 aromatic carbocycles. The molecule has 1 N–H and O–H groups in total. The van der Waals surface area contributed by atoms with Crippen LogP contribution in [0.1, 0.15) is 18.3 Å². The number of rotatable bonds is 6. The molecule has 0 radical (unpaired) electrons. The number of halogens is 3. The highest BCUT2D eigenvalue weighted by atomic mass is 79.9. The molecule has 0 fully saturated rings. The van der Waals surface area contributed by atoms with Crippen LogP contribution < -0.4 is 10.1 Å². The van der Waals surface area contributed by atoms with Crippen molar-refractivity contribution in [1.29, 1.82) is 0 Å². The van der Waals surface area contributed by atoms with E-state index in [9.17, 15) is 4.39 Å². The van der Waals surface area contributed by atoms with Crippen molar-refractivity contribution >= 4 is 27.5 Å². The van der Waals surface area contributed by atoms with E-state index in [1.165, 1.54) is 12.1 Å². The molecule has 21 heavy (non-hydrogen) atoms. The maximum Gasteiger partial charge on any atom is 0.145 e. The molecule has 6 heteroatoms. The number of benzene rings is 1. The summed E-state index contributed by atoms with van der Waals surface area (Å²) in [7, 11) is 0. The molecule has 0 aliphatic carbocycles. The SMILES string of the molecule is CCNCc1cccc(COc2cc(F)c(Cl)cc2Br)n1. The number of nitrogens with zero attached hydrogens (tertiary/aromatic N) is 1. The Morgan fingerprint density at radius 1 is 1.33 bits per heavy atom. The first kappa shape index (κ1) is 16.2. The summed E-state index contributed by atoms with van der Waals surface area (Å²) in [6.07, 6.45) is 0. The van der Waals surface area contributed by atoms with Crippen molar-refractivity contribution in [3.05, 3.63) is 57.0 Å². The third-order valence-corrected chi connectivity index (χ3v) is 3.68. The summed E-state index contributed by atoms with van der Waals surface area (Å²) in [5, 5.41) is 3.27. The highest BCUT2D eigenvalue weighted by Crippen LogP contribution is 2.30. The topological polar surface area (TPSA) is 34.1 Å². The van der Waals surface area contributed by atoms with Crippen LogP contribution in [0.25, 0.3) is 0 Å². The normalized spacial score (nSPS) is 10.7. The van der Waals surface area contributed by atoms with Gasteiger partial charge in [0.1, 0.15) is 18.2 Å². The lowest BCUT2D eigenvalue weighted by Crippen LogP contribution is -2.13. The van der Waals surface area contributed by atoms with Gasteiger partial charge in [0.05, 0.1) is 20.9 Å². The van der Waals surface area contributed by atoms with Gasteiger partial charge >= 0.3 is 0 Å². The van der Waals surface area contributed by atoms with Crippen LogP contribution in [-0.4, -0.2) is 11.5 Å². The number of ether oxygens (including phenoxy) is 1. The number of hydrogen-bond acceptors (Lipinski definition) is 3. The van der Waals surface area contributed by atoms with Gasteiger partial charge in [0, 0.05) is 12.6 Å². The zero-order chi connectivity index (χ0) is 15.2. The standard InChI is InChI=1S/C15H15BrClFN2O/c1-2-19-8-10-4-3-5-11(20-10)9-21-15-7-14(18)13(17)6-12(15)16/h3-7,19H,2,8-9H2,1H3. The molecule has 0 aliphatic rings. The van der Waals surface area contributed by atoms with Crippen molar-refractivity contribution in [2.45, 2.75) is 20.1 Å². The lowest BCUT2D eigenvalue weighted by atomic mass is 10.3. The Bertz CT molecular complexity index is 625. The predicted molar refractivity (Wildman–Crippen MR) is 85.1 cm³/mol. The molecule has 0 amide bonds. The van der Waals surface area contributed by atoms with E-state index in [2.05, 4.69) is 26.2 Å². The quantitative estimate of drug-likeness (QED) is 0.766. The van der Waals surface area contributed by atoms with Crippen molar-refractivity contribution in [3.63, 3.8) is 0 Å². The van der Waals surface area contributed by atoms with Gasteiger partial charge in [-0.1, -0.05) is 24.6 Å². The van der Waals surface area contributed by atoms with Gasteiger partial charge in [-0.25, -0.2) is 4.39 Å². The van der Waals surface area contributed by atoms with Gasteiger partial charge in [0.15, 0.2) is 0 Å². The van der Waals surface area contributed by atoms with Crippen LogP contribution in [0, 0.1) is 5.82 Å². The summed E-state index contributed by atoms with van der Waals surface area (Å²) in [5.74, 6) is -0.112. The molecule has 0 aliphatic heterocycles. The largest absolute Gasteiger partial charge is 0.486 e. The molecule has 3 nitrogen and oxygen atoms in total. The van der Waals surface area contributed by atoms with Gasteiger partial charge in [-0.2, -0.15) is 0 Å². The molecule has 2 aromatic rings. The molecule has 1 aromatic heterocycles. The number of nitrogens with one attached hydrogen (secondary N) is 1. The van der Waals surface area contributed by atoms with Gasteiger partial charge in [0.25, 0.3) is 0 Å². The van der Waals surface area contributed by atoms with Crippen LogP contribution in [0.4, 0.5) is 4.39 Å². The second-order valence-electron chi connectivity index (χ2n) is 4.39. The van der Waals surface area contributed by atoms with E-state index in [1.54, 1.807) is 0 Å². The van der Waals surface area contributed by atoms with Crippen LogP contribution in [0.15, 0.2) is 34.8 Å². The Hall–Kier alpha value is -1.17. The first-order valence-electron chi connectivity index (χ1n) is 6.53. The predicted octanol–water partition coefficient (Wildman–Crippen LogP) is 4.33. The van der Waals surface area contributed by atoms with Crippen molar-refractivity contribution < 1.29 is 9.13 Å². The molecular formula is C15H15BrClFN2O. The summed E-state index contributed by atoms with van der Waals surface area (Å²) < 4.78 is 19.6. The molecule has 0 atom stereocenters. The lowest BCUT2D eigenvalue weighted by molar-refractivity contribution is 0.297. The third kappa shape index (κ3) is 4.66. The third-order valence-electron chi connectivity index (χ3n) is 2.77. The van der Waals surface area contributed by atoms with Crippen molar-refractivity contribution in [3.8, 4) is 5.75 Å². The molecule has 0 bridgehead atoms. The maximum atomic E-state index is 13.4. The number of pyridine rings is 1. The van der Waals surface area contributed by atoms with Gasteiger partial charge in [-0.05, 0) is 40.7 Å². The number of aromatic nitrogens is 1. The van der Waals surface area contributed by atoms with E-state index >= 15 is 0 Å². The van der Waals surface area contributed by atoms with E-state index in [-0.39, 0.29) is 11.6 Å². The zero-order valence-corrected chi connectivity index (χ0v) is 13.8. The first-order chi connectivity index (χ1) is 10.1. The zero-order valence-electron chi connectivity index (χ0n) is 11.5. The number of hydrogen-bond donors (Lipinski definition) is 1. The van der Waals surface area contributed by atoms with E-state index in [0.717, 1.165) is 17.9 Å². The van der Waals surface area contributed by atoms with Crippen molar-refractivity contribution in [2.24, 2.45) is 0 Å². The van der Waals surface area contributed by atoms with Gasteiger partial charge < -0.3 is 10.1 Å².